The molecular weight excluding hydrogens is 291 g/mol. The molecular formula is C11H10BrFN2S. The van der Waals surface area contributed by atoms with Crippen molar-refractivity contribution >= 4 is 27.7 Å². The van der Waals surface area contributed by atoms with Crippen molar-refractivity contribution in [1.29, 1.82) is 0 Å². The van der Waals surface area contributed by atoms with Crippen LogP contribution in [0.2, 0.25) is 0 Å². The Kier molecular flexibility index (Phi) is 3.66. The summed E-state index contributed by atoms with van der Waals surface area (Å²) < 4.78 is 15.4. The second-order valence-corrected chi connectivity index (χ2v) is 5.28. The Bertz CT molecular complexity index is 498. The molecule has 1 heterocycles. The van der Waals surface area contributed by atoms with E-state index in [9.17, 15) is 4.39 Å². The van der Waals surface area contributed by atoms with Crippen LogP contribution in [-0.4, -0.2) is 9.78 Å². The quantitative estimate of drug-likeness (QED) is 0.806. The molecule has 0 bridgehead atoms. The first-order chi connectivity index (χ1) is 7.65. The molecule has 84 valence electrons. The number of aromatic nitrogens is 2. The standard InChI is InChI=1S/C11H10BrFN2S/c1-15-6-10(5-14-15)16-7-8-2-3-9(13)4-11(8)12/h2-6H,7H2,1H3. The summed E-state index contributed by atoms with van der Waals surface area (Å²) in [6.45, 7) is 0. The van der Waals surface area contributed by atoms with Crippen molar-refractivity contribution in [3.63, 3.8) is 0 Å². The molecule has 1 aromatic heterocycles. The Morgan fingerprint density at radius 1 is 1.50 bits per heavy atom. The van der Waals surface area contributed by atoms with E-state index in [1.54, 1.807) is 22.5 Å². The van der Waals surface area contributed by atoms with Crippen LogP contribution < -0.4 is 0 Å². The summed E-state index contributed by atoms with van der Waals surface area (Å²) in [6, 6.07) is 4.76. The van der Waals surface area contributed by atoms with Gasteiger partial charge < -0.3 is 0 Å². The largest absolute Gasteiger partial charge is 0.275 e. The normalized spacial score (nSPS) is 10.7. The van der Waals surface area contributed by atoms with Crippen molar-refractivity contribution in [3.8, 4) is 0 Å². The van der Waals surface area contributed by atoms with Crippen molar-refractivity contribution in [3.05, 3.63) is 46.4 Å². The van der Waals surface area contributed by atoms with E-state index >= 15 is 0 Å². The number of hydrogen-bond donors (Lipinski definition) is 0. The van der Waals surface area contributed by atoms with Crippen molar-refractivity contribution in [2.45, 2.75) is 10.6 Å². The molecule has 16 heavy (non-hydrogen) atoms. The number of hydrogen-bond acceptors (Lipinski definition) is 2. The highest BCUT2D eigenvalue weighted by Gasteiger charge is 2.03. The maximum Gasteiger partial charge on any atom is 0.124 e. The zero-order chi connectivity index (χ0) is 11.5. The van der Waals surface area contributed by atoms with Crippen LogP contribution in [0.1, 0.15) is 5.56 Å². The number of nitrogens with zero attached hydrogens (tertiary/aromatic N) is 2. The Morgan fingerprint density at radius 3 is 2.94 bits per heavy atom. The molecule has 0 aliphatic heterocycles. The van der Waals surface area contributed by atoms with Gasteiger partial charge in [0.1, 0.15) is 5.82 Å². The molecule has 0 aliphatic carbocycles. The van der Waals surface area contributed by atoms with Crippen molar-refractivity contribution in [2.75, 3.05) is 0 Å². The molecule has 2 rings (SSSR count). The smallest absolute Gasteiger partial charge is 0.124 e. The highest BCUT2D eigenvalue weighted by atomic mass is 79.9. The number of halogens is 2. The van der Waals surface area contributed by atoms with Gasteiger partial charge in [0.2, 0.25) is 0 Å². The number of rotatable bonds is 3. The molecule has 0 saturated heterocycles. The summed E-state index contributed by atoms with van der Waals surface area (Å²) in [7, 11) is 1.89. The van der Waals surface area contributed by atoms with Crippen LogP contribution in [-0.2, 0) is 12.8 Å². The first-order valence-electron chi connectivity index (χ1n) is 4.70. The molecule has 0 spiro atoms. The molecule has 5 heteroatoms. The van der Waals surface area contributed by atoms with E-state index in [4.69, 9.17) is 0 Å². The third-order valence-corrected chi connectivity index (χ3v) is 3.83. The SMILES string of the molecule is Cn1cc(SCc2ccc(F)cc2Br)cn1. The predicted molar refractivity (Wildman–Crippen MR) is 66.9 cm³/mol. The fourth-order valence-electron chi connectivity index (χ4n) is 1.27. The maximum atomic E-state index is 12.9. The summed E-state index contributed by atoms with van der Waals surface area (Å²) in [5.74, 6) is 0.578. The number of benzene rings is 1. The van der Waals surface area contributed by atoms with Crippen LogP contribution in [0.3, 0.4) is 0 Å². The molecule has 2 aromatic rings. The average molecular weight is 301 g/mol. The van der Waals surface area contributed by atoms with Crippen LogP contribution >= 0.6 is 27.7 Å². The van der Waals surface area contributed by atoms with Crippen molar-refractivity contribution < 1.29 is 4.39 Å². The molecule has 0 amide bonds. The van der Waals surface area contributed by atoms with Crippen LogP contribution in [0.5, 0.6) is 0 Å². The van der Waals surface area contributed by atoms with Crippen molar-refractivity contribution in [2.24, 2.45) is 7.05 Å². The van der Waals surface area contributed by atoms with Gasteiger partial charge in [0, 0.05) is 28.4 Å². The van der Waals surface area contributed by atoms with Crippen LogP contribution in [0.4, 0.5) is 4.39 Å². The van der Waals surface area contributed by atoms with E-state index in [0.717, 1.165) is 20.7 Å². The first-order valence-corrected chi connectivity index (χ1v) is 6.48. The van der Waals surface area contributed by atoms with Crippen LogP contribution in [0.25, 0.3) is 0 Å². The maximum absolute atomic E-state index is 12.9. The highest BCUT2D eigenvalue weighted by Crippen LogP contribution is 2.26. The molecule has 0 unspecified atom stereocenters. The van der Waals surface area contributed by atoms with Crippen molar-refractivity contribution in [1.82, 2.24) is 9.78 Å². The van der Waals surface area contributed by atoms with E-state index in [1.165, 1.54) is 12.1 Å². The highest BCUT2D eigenvalue weighted by molar-refractivity contribution is 9.10. The first kappa shape index (κ1) is 11.7. The molecule has 2 nitrogen and oxygen atoms in total. The lowest BCUT2D eigenvalue weighted by Crippen LogP contribution is -1.85. The fraction of sp³-hybridized carbons (Fsp3) is 0.182. The molecule has 0 atom stereocenters. The summed E-state index contributed by atoms with van der Waals surface area (Å²) in [5, 5.41) is 4.09. The lowest BCUT2D eigenvalue weighted by atomic mass is 10.2. The number of aryl methyl sites for hydroxylation is 1. The zero-order valence-corrected chi connectivity index (χ0v) is 11.1. The van der Waals surface area contributed by atoms with E-state index in [2.05, 4.69) is 21.0 Å². The molecule has 0 radical (unpaired) electrons. The fourth-order valence-corrected chi connectivity index (χ4v) is 2.87. The molecule has 0 aliphatic rings. The molecule has 1 aromatic carbocycles. The van der Waals surface area contributed by atoms with Gasteiger partial charge in [-0.05, 0) is 17.7 Å². The lowest BCUT2D eigenvalue weighted by Gasteiger charge is -2.02. The average Bonchev–Trinajstić information content (AvgIpc) is 2.63. The number of thioether (sulfide) groups is 1. The minimum Gasteiger partial charge on any atom is -0.275 e. The Morgan fingerprint density at radius 2 is 2.31 bits per heavy atom. The van der Waals surface area contributed by atoms with Gasteiger partial charge in [-0.1, -0.05) is 22.0 Å². The third-order valence-electron chi connectivity index (χ3n) is 2.09. The Hall–Kier alpha value is -0.810. The van der Waals surface area contributed by atoms with Gasteiger partial charge in [-0.15, -0.1) is 11.8 Å². The molecule has 0 fully saturated rings. The van der Waals surface area contributed by atoms with E-state index in [1.807, 2.05) is 19.4 Å². The summed E-state index contributed by atoms with van der Waals surface area (Å²) in [4.78, 5) is 1.11. The topological polar surface area (TPSA) is 17.8 Å². The Labute approximate surface area is 106 Å². The third kappa shape index (κ3) is 2.86. The summed E-state index contributed by atoms with van der Waals surface area (Å²) >= 11 is 5.03. The van der Waals surface area contributed by atoms with E-state index < -0.39 is 0 Å². The van der Waals surface area contributed by atoms with E-state index in [-0.39, 0.29) is 5.82 Å². The van der Waals surface area contributed by atoms with Gasteiger partial charge in [-0.2, -0.15) is 5.10 Å². The molecule has 0 saturated carbocycles. The minimum atomic E-state index is -0.220. The monoisotopic (exact) mass is 300 g/mol. The lowest BCUT2D eigenvalue weighted by molar-refractivity contribution is 0.626. The van der Waals surface area contributed by atoms with Gasteiger partial charge in [0.25, 0.3) is 0 Å². The van der Waals surface area contributed by atoms with Gasteiger partial charge in [0.15, 0.2) is 0 Å². The van der Waals surface area contributed by atoms with Gasteiger partial charge in [-0.25, -0.2) is 4.39 Å². The van der Waals surface area contributed by atoms with Gasteiger partial charge >= 0.3 is 0 Å². The predicted octanol–water partition coefficient (Wildman–Crippen LogP) is 3.61. The minimum absolute atomic E-state index is 0.220. The van der Waals surface area contributed by atoms with Crippen LogP contribution in [0, 0.1) is 5.82 Å². The summed E-state index contributed by atoms with van der Waals surface area (Å²) in [5.41, 5.74) is 1.08. The van der Waals surface area contributed by atoms with Gasteiger partial charge in [0.05, 0.1) is 6.20 Å². The van der Waals surface area contributed by atoms with Gasteiger partial charge in [-0.3, -0.25) is 4.68 Å². The Balaban J connectivity index is 2.04. The molecule has 0 N–H and O–H groups in total. The zero-order valence-electron chi connectivity index (χ0n) is 8.65. The second-order valence-electron chi connectivity index (χ2n) is 3.37. The van der Waals surface area contributed by atoms with Crippen LogP contribution in [0.15, 0.2) is 40.0 Å². The summed E-state index contributed by atoms with van der Waals surface area (Å²) in [6.07, 6.45) is 3.78. The van der Waals surface area contributed by atoms with E-state index in [0.29, 0.717) is 0 Å². The second kappa shape index (κ2) is 5.01.